The quantitative estimate of drug-likeness (QED) is 0.529. The Labute approximate surface area is 164 Å². The lowest BCUT2D eigenvalue weighted by Gasteiger charge is -2.59. The highest BCUT2D eigenvalue weighted by Gasteiger charge is 2.62. The number of ketones is 1. The number of Topliss-reactive ketones (excluding diaryl/α,β-unsaturated/α-hetero) is 1. The monoisotopic (exact) mass is 427 g/mol. The number of aliphatic hydroxyl groups is 1. The van der Waals surface area contributed by atoms with Crippen LogP contribution in [0.2, 0.25) is 0 Å². The van der Waals surface area contributed by atoms with E-state index in [2.05, 4.69) is 28.9 Å². The molecule has 146 valence electrons. The Kier molecular flexibility index (Phi) is 4.68. The highest BCUT2D eigenvalue weighted by Crippen LogP contribution is 2.64. The molecule has 0 saturated heterocycles. The minimum absolute atomic E-state index is 0.00971. The lowest BCUT2D eigenvalue weighted by molar-refractivity contribution is -0.127. The molecule has 3 nitrogen and oxygen atoms in total. The van der Waals surface area contributed by atoms with Crippen molar-refractivity contribution in [2.45, 2.75) is 69.4 Å². The summed E-state index contributed by atoms with van der Waals surface area (Å²) in [4.78, 5) is 12.5. The molecule has 4 aliphatic rings. The van der Waals surface area contributed by atoms with Crippen LogP contribution in [-0.4, -0.2) is 34.0 Å². The maximum Gasteiger partial charge on any atom is 0.147 e. The zero-order valence-electron chi connectivity index (χ0n) is 15.6. The average molecular weight is 428 g/mol. The van der Waals surface area contributed by atoms with Crippen LogP contribution in [0.5, 0.6) is 0 Å². The van der Waals surface area contributed by atoms with Crippen molar-refractivity contribution in [2.75, 3.05) is 12.0 Å². The van der Waals surface area contributed by atoms with E-state index in [0.29, 0.717) is 41.7 Å². The molecule has 7 unspecified atom stereocenters. The highest BCUT2D eigenvalue weighted by molar-refractivity contribution is 9.09. The van der Waals surface area contributed by atoms with Crippen molar-refractivity contribution in [1.29, 1.82) is 0 Å². The normalized spacial score (nSPS) is 50.4. The molecule has 0 amide bonds. The van der Waals surface area contributed by atoms with E-state index in [1.54, 1.807) is 0 Å². The molecule has 5 heteroatoms. The van der Waals surface area contributed by atoms with E-state index < -0.39 is 12.3 Å². The molecule has 0 aromatic heterocycles. The Morgan fingerprint density at radius 2 is 2.12 bits per heavy atom. The summed E-state index contributed by atoms with van der Waals surface area (Å²) in [6, 6.07) is 0. The number of rotatable bonds is 3. The lowest BCUT2D eigenvalue weighted by Crippen LogP contribution is -2.64. The van der Waals surface area contributed by atoms with Crippen molar-refractivity contribution in [3.05, 3.63) is 11.6 Å². The van der Waals surface area contributed by atoms with Gasteiger partial charge in [-0.15, -0.1) is 0 Å². The third-order valence-electron chi connectivity index (χ3n) is 8.57. The van der Waals surface area contributed by atoms with Gasteiger partial charge in [-0.1, -0.05) is 34.5 Å². The van der Waals surface area contributed by atoms with Gasteiger partial charge in [0.1, 0.15) is 12.5 Å². The van der Waals surface area contributed by atoms with Gasteiger partial charge in [-0.3, -0.25) is 4.79 Å². The van der Waals surface area contributed by atoms with E-state index >= 15 is 0 Å². The first-order chi connectivity index (χ1) is 12.3. The molecule has 0 aliphatic heterocycles. The van der Waals surface area contributed by atoms with Crippen LogP contribution in [0.4, 0.5) is 4.39 Å². The predicted molar refractivity (Wildman–Crippen MR) is 104 cm³/mol. The molecule has 0 heterocycles. The van der Waals surface area contributed by atoms with Crippen LogP contribution in [0.3, 0.4) is 0 Å². The van der Waals surface area contributed by atoms with Gasteiger partial charge in [-0.2, -0.15) is 0 Å². The molecule has 0 radical (unpaired) electrons. The van der Waals surface area contributed by atoms with Gasteiger partial charge in [-0.05, 0) is 74.5 Å². The molecule has 0 aromatic rings. The Hall–Kier alpha value is -0.260. The molecule has 3 N–H and O–H groups in total. The fourth-order valence-corrected chi connectivity index (χ4v) is 7.66. The number of halogens is 2. The first-order valence-corrected chi connectivity index (χ1v) is 11.2. The number of hydrogen-bond donors (Lipinski definition) is 2. The van der Waals surface area contributed by atoms with E-state index in [4.69, 9.17) is 5.73 Å². The van der Waals surface area contributed by atoms with Crippen LogP contribution in [-0.2, 0) is 4.79 Å². The first-order valence-electron chi connectivity index (χ1n) is 10.1. The van der Waals surface area contributed by atoms with Crippen LogP contribution >= 0.6 is 15.9 Å². The Morgan fingerprint density at radius 3 is 2.81 bits per heavy atom. The van der Waals surface area contributed by atoms with E-state index in [1.165, 1.54) is 5.57 Å². The summed E-state index contributed by atoms with van der Waals surface area (Å²) in [7, 11) is 0. The zero-order chi connectivity index (χ0) is 18.7. The molecule has 26 heavy (non-hydrogen) atoms. The van der Waals surface area contributed by atoms with Gasteiger partial charge in [0, 0.05) is 11.5 Å². The first kappa shape index (κ1) is 19.1. The van der Waals surface area contributed by atoms with Crippen LogP contribution in [0.25, 0.3) is 0 Å². The van der Waals surface area contributed by atoms with Gasteiger partial charge < -0.3 is 10.8 Å². The molecule has 4 rings (SSSR count). The summed E-state index contributed by atoms with van der Waals surface area (Å²) >= 11 is 3.37. The smallest absolute Gasteiger partial charge is 0.147 e. The Morgan fingerprint density at radius 1 is 1.35 bits per heavy atom. The molecule has 0 spiro atoms. The molecule has 3 saturated carbocycles. The van der Waals surface area contributed by atoms with Crippen LogP contribution in [0.1, 0.15) is 58.3 Å². The maximum absolute atomic E-state index is 13.3. The van der Waals surface area contributed by atoms with Gasteiger partial charge in [0.2, 0.25) is 0 Å². The average Bonchev–Trinajstić information content (AvgIpc) is 2.99. The van der Waals surface area contributed by atoms with Crippen molar-refractivity contribution in [3.8, 4) is 0 Å². The minimum atomic E-state index is -1.17. The van der Waals surface area contributed by atoms with Crippen molar-refractivity contribution >= 4 is 21.7 Å². The zero-order valence-corrected chi connectivity index (χ0v) is 17.2. The van der Waals surface area contributed by atoms with Gasteiger partial charge in [0.05, 0.1) is 10.9 Å². The van der Waals surface area contributed by atoms with E-state index in [9.17, 15) is 14.3 Å². The molecular weight excluding hydrogens is 397 g/mol. The van der Waals surface area contributed by atoms with Crippen molar-refractivity contribution in [2.24, 2.45) is 34.8 Å². The summed E-state index contributed by atoms with van der Waals surface area (Å²) < 4.78 is 13.3. The van der Waals surface area contributed by atoms with Crippen LogP contribution in [0.15, 0.2) is 11.6 Å². The SMILES string of the molecule is CC12CCC3C4CCC(O)(CF)CC4=CCC3(N)C1CCC2C(=O)CBr. The number of nitrogens with two attached hydrogens (primary N) is 1. The predicted octanol–water partition coefficient (Wildman–Crippen LogP) is 3.92. The van der Waals surface area contributed by atoms with Gasteiger partial charge in [0.25, 0.3) is 0 Å². The van der Waals surface area contributed by atoms with Crippen molar-refractivity contribution < 1.29 is 14.3 Å². The summed E-state index contributed by atoms with van der Waals surface area (Å²) in [5.41, 5.74) is 6.96. The molecule has 0 bridgehead atoms. The number of fused-ring (bicyclic) bond motifs is 5. The minimum Gasteiger partial charge on any atom is -0.387 e. The molecule has 3 fully saturated rings. The number of alkyl halides is 2. The second-order valence-electron chi connectivity index (χ2n) is 9.71. The second kappa shape index (κ2) is 6.38. The topological polar surface area (TPSA) is 63.3 Å². The molecule has 7 atom stereocenters. The van der Waals surface area contributed by atoms with Gasteiger partial charge in [0.15, 0.2) is 0 Å². The highest BCUT2D eigenvalue weighted by atomic mass is 79.9. The summed E-state index contributed by atoms with van der Waals surface area (Å²) in [5, 5.41) is 10.8. The molecule has 0 aromatic carbocycles. The van der Waals surface area contributed by atoms with Crippen LogP contribution in [0, 0.1) is 29.1 Å². The van der Waals surface area contributed by atoms with E-state index in [0.717, 1.165) is 38.5 Å². The molecular formula is C21H31BrFNO2. The van der Waals surface area contributed by atoms with Crippen LogP contribution < -0.4 is 5.73 Å². The summed E-state index contributed by atoms with van der Waals surface area (Å²) in [6.07, 6.45) is 8.96. The van der Waals surface area contributed by atoms with E-state index in [-0.39, 0.29) is 16.9 Å². The second-order valence-corrected chi connectivity index (χ2v) is 10.3. The van der Waals surface area contributed by atoms with Crippen molar-refractivity contribution in [1.82, 2.24) is 0 Å². The Balaban J connectivity index is 1.64. The number of carbonyl (C=O) groups excluding carboxylic acids is 1. The van der Waals surface area contributed by atoms with Crippen molar-refractivity contribution in [3.63, 3.8) is 0 Å². The largest absolute Gasteiger partial charge is 0.387 e. The van der Waals surface area contributed by atoms with Gasteiger partial charge >= 0.3 is 0 Å². The summed E-state index contributed by atoms with van der Waals surface area (Å²) in [5.74, 6) is 1.62. The fourth-order valence-electron chi connectivity index (χ4n) is 7.27. The standard InChI is InChI=1S/C21H31BrFNO2/c1-19-7-6-15-14-5-8-20(26,12-23)10-13(14)4-9-21(15,24)18(19)3-2-16(19)17(25)11-22/h4,14-16,18,26H,2-3,5-12,24H2,1H3. The third kappa shape index (κ3) is 2.60. The number of carbonyl (C=O) groups is 1. The maximum atomic E-state index is 13.3. The lowest BCUT2D eigenvalue weighted by atomic mass is 9.48. The third-order valence-corrected chi connectivity index (χ3v) is 9.12. The van der Waals surface area contributed by atoms with E-state index in [1.807, 2.05) is 0 Å². The number of hydrogen-bond acceptors (Lipinski definition) is 3. The Bertz CT molecular complexity index is 640. The van der Waals surface area contributed by atoms with Gasteiger partial charge in [-0.25, -0.2) is 4.39 Å². The summed E-state index contributed by atoms with van der Waals surface area (Å²) in [6.45, 7) is 1.63. The fraction of sp³-hybridized carbons (Fsp3) is 0.857. The molecule has 4 aliphatic carbocycles.